The van der Waals surface area contributed by atoms with Crippen molar-refractivity contribution >= 4 is 38.9 Å². The molecule has 1 aliphatic rings. The number of carbonyl (C=O) groups excluding carboxylic acids is 1. The molecule has 3 heterocycles. The molecule has 136 valence electrons. The van der Waals surface area contributed by atoms with Gasteiger partial charge in [-0.15, -0.1) is 0 Å². The number of nitrogens with zero attached hydrogens (tertiary/aromatic N) is 4. The number of rotatable bonds is 2. The summed E-state index contributed by atoms with van der Waals surface area (Å²) in [4.78, 5) is 18.7. The van der Waals surface area contributed by atoms with Gasteiger partial charge in [0.15, 0.2) is 16.9 Å². The number of hydrogen-bond acceptors (Lipinski definition) is 7. The number of halogens is 1. The van der Waals surface area contributed by atoms with E-state index in [1.165, 1.54) is 0 Å². The summed E-state index contributed by atoms with van der Waals surface area (Å²) in [6, 6.07) is 0. The minimum atomic E-state index is -0.506. The average Bonchev–Trinajstić information content (AvgIpc) is 2.97. The third-order valence-corrected chi connectivity index (χ3v) is 4.78. The molecular weight excluding hydrogens is 390 g/mol. The van der Waals surface area contributed by atoms with E-state index in [2.05, 4.69) is 41.4 Å². The molecule has 0 atom stereocenters. The van der Waals surface area contributed by atoms with E-state index in [1.54, 1.807) is 6.20 Å². The van der Waals surface area contributed by atoms with Crippen LogP contribution in [-0.2, 0) is 4.74 Å². The Bertz CT molecular complexity index is 778. The van der Waals surface area contributed by atoms with Crippen molar-refractivity contribution in [1.29, 1.82) is 0 Å². The molecular formula is C16H22BrN5O3. The van der Waals surface area contributed by atoms with Crippen molar-refractivity contribution in [3.63, 3.8) is 0 Å². The Balaban J connectivity index is 1.68. The van der Waals surface area contributed by atoms with Crippen LogP contribution in [0, 0.1) is 0 Å². The van der Waals surface area contributed by atoms with E-state index in [9.17, 15) is 4.79 Å². The smallest absolute Gasteiger partial charge is 0.408 e. The van der Waals surface area contributed by atoms with Crippen LogP contribution in [0.2, 0.25) is 0 Å². The first-order chi connectivity index (χ1) is 11.7. The van der Waals surface area contributed by atoms with Gasteiger partial charge in [-0.1, -0.05) is 0 Å². The van der Waals surface area contributed by atoms with Gasteiger partial charge in [-0.05, 0) is 66.8 Å². The monoisotopic (exact) mass is 411 g/mol. The molecule has 1 aliphatic heterocycles. The van der Waals surface area contributed by atoms with Crippen molar-refractivity contribution in [1.82, 2.24) is 20.6 Å². The lowest BCUT2D eigenvalue weighted by molar-refractivity contribution is 0.0448. The number of amides is 1. The van der Waals surface area contributed by atoms with Crippen LogP contribution in [0.3, 0.4) is 0 Å². The molecule has 1 fully saturated rings. The number of alkyl carbamates (subject to hydrolysis) is 1. The van der Waals surface area contributed by atoms with Gasteiger partial charge in [0.2, 0.25) is 0 Å². The molecule has 25 heavy (non-hydrogen) atoms. The fourth-order valence-corrected chi connectivity index (χ4v) is 3.21. The van der Waals surface area contributed by atoms with Gasteiger partial charge in [0, 0.05) is 24.8 Å². The van der Waals surface area contributed by atoms with Gasteiger partial charge in [0.05, 0.1) is 4.47 Å². The number of piperidine rings is 1. The number of carbonyl (C=O) groups is 1. The van der Waals surface area contributed by atoms with Gasteiger partial charge in [-0.25, -0.2) is 14.4 Å². The zero-order valence-corrected chi connectivity index (χ0v) is 16.4. The standard InChI is InChI=1S/C16H22BrN5O3/c1-15(2,3)24-14(23)19-16(4)5-7-22(8-6-16)13-12-11(20-25-21-12)10(17)9-18-13/h9H,5-8H2,1-4H3,(H,19,23). The summed E-state index contributed by atoms with van der Waals surface area (Å²) in [7, 11) is 0. The van der Waals surface area contributed by atoms with Crippen LogP contribution in [0.1, 0.15) is 40.5 Å². The predicted molar refractivity (Wildman–Crippen MR) is 96.5 cm³/mol. The molecule has 2 aromatic rings. The van der Waals surface area contributed by atoms with Gasteiger partial charge >= 0.3 is 6.09 Å². The normalized spacial score (nSPS) is 17.6. The molecule has 8 nitrogen and oxygen atoms in total. The van der Waals surface area contributed by atoms with Crippen LogP contribution in [-0.4, -0.2) is 45.6 Å². The summed E-state index contributed by atoms with van der Waals surface area (Å²) in [5, 5.41) is 10.9. The minimum Gasteiger partial charge on any atom is -0.444 e. The van der Waals surface area contributed by atoms with E-state index in [1.807, 2.05) is 27.7 Å². The lowest BCUT2D eigenvalue weighted by Gasteiger charge is -2.40. The maximum atomic E-state index is 12.1. The fourth-order valence-electron chi connectivity index (χ4n) is 2.85. The summed E-state index contributed by atoms with van der Waals surface area (Å²) in [5.74, 6) is 0.749. The number of fused-ring (bicyclic) bond motifs is 1. The number of aromatic nitrogens is 3. The molecule has 0 bridgehead atoms. The third-order valence-electron chi connectivity index (χ3n) is 4.20. The second-order valence-electron chi connectivity index (χ2n) is 7.57. The molecule has 0 spiro atoms. The van der Waals surface area contributed by atoms with E-state index in [-0.39, 0.29) is 11.6 Å². The average molecular weight is 412 g/mol. The van der Waals surface area contributed by atoms with Crippen molar-refractivity contribution in [2.45, 2.75) is 51.7 Å². The Morgan fingerprint density at radius 2 is 1.96 bits per heavy atom. The molecule has 0 unspecified atom stereocenters. The summed E-state index contributed by atoms with van der Waals surface area (Å²) in [5.41, 5.74) is 0.479. The number of anilines is 1. The highest BCUT2D eigenvalue weighted by Crippen LogP contribution is 2.31. The summed E-state index contributed by atoms with van der Waals surface area (Å²) in [6.07, 6.45) is 2.87. The van der Waals surface area contributed by atoms with Crippen LogP contribution in [0.4, 0.5) is 10.6 Å². The molecule has 2 aromatic heterocycles. The first-order valence-corrected chi connectivity index (χ1v) is 8.99. The maximum Gasteiger partial charge on any atom is 0.408 e. The van der Waals surface area contributed by atoms with Gasteiger partial charge < -0.3 is 15.0 Å². The van der Waals surface area contributed by atoms with Crippen LogP contribution in [0.25, 0.3) is 11.0 Å². The van der Waals surface area contributed by atoms with Crippen LogP contribution in [0.15, 0.2) is 15.3 Å². The number of nitrogens with one attached hydrogen (secondary N) is 1. The van der Waals surface area contributed by atoms with Gasteiger partial charge in [-0.3, -0.25) is 0 Å². The SMILES string of the molecule is CC1(NC(=O)OC(C)(C)C)CCN(c2ncc(Br)c3nonc23)CC1. The minimum absolute atomic E-state index is 0.310. The molecule has 0 saturated carbocycles. The molecule has 1 amide bonds. The summed E-state index contributed by atoms with van der Waals surface area (Å²) < 4.78 is 11.0. The Kier molecular flexibility index (Phi) is 4.61. The Morgan fingerprint density at radius 3 is 2.60 bits per heavy atom. The van der Waals surface area contributed by atoms with Gasteiger partial charge in [0.1, 0.15) is 5.60 Å². The molecule has 3 rings (SSSR count). The largest absolute Gasteiger partial charge is 0.444 e. The fraction of sp³-hybridized carbons (Fsp3) is 0.625. The van der Waals surface area contributed by atoms with Gasteiger partial charge in [0.25, 0.3) is 0 Å². The van der Waals surface area contributed by atoms with E-state index in [0.29, 0.717) is 11.0 Å². The molecule has 0 aliphatic carbocycles. The summed E-state index contributed by atoms with van der Waals surface area (Å²) in [6.45, 7) is 9.08. The lowest BCUT2D eigenvalue weighted by Crippen LogP contribution is -2.54. The second-order valence-corrected chi connectivity index (χ2v) is 8.42. The second kappa shape index (κ2) is 6.44. The highest BCUT2D eigenvalue weighted by atomic mass is 79.9. The molecule has 9 heteroatoms. The third kappa shape index (κ3) is 4.02. The number of ether oxygens (including phenoxy) is 1. The van der Waals surface area contributed by atoms with Crippen molar-refractivity contribution in [2.75, 3.05) is 18.0 Å². The lowest BCUT2D eigenvalue weighted by atomic mass is 9.90. The van der Waals surface area contributed by atoms with Crippen LogP contribution < -0.4 is 10.2 Å². The highest BCUT2D eigenvalue weighted by molar-refractivity contribution is 9.10. The van der Waals surface area contributed by atoms with Crippen molar-refractivity contribution in [3.8, 4) is 0 Å². The Labute approximate surface area is 154 Å². The highest BCUT2D eigenvalue weighted by Gasteiger charge is 2.34. The number of pyridine rings is 1. The number of hydrogen-bond donors (Lipinski definition) is 1. The first kappa shape index (κ1) is 17.9. The Hall–Kier alpha value is -1.90. The van der Waals surface area contributed by atoms with Gasteiger partial charge in [-0.2, -0.15) is 0 Å². The van der Waals surface area contributed by atoms with E-state index in [0.717, 1.165) is 36.2 Å². The summed E-state index contributed by atoms with van der Waals surface area (Å²) >= 11 is 3.40. The van der Waals surface area contributed by atoms with E-state index < -0.39 is 5.60 Å². The molecule has 1 N–H and O–H groups in total. The molecule has 0 radical (unpaired) electrons. The maximum absolute atomic E-state index is 12.1. The molecule has 0 aromatic carbocycles. The van der Waals surface area contributed by atoms with Crippen molar-refractivity contribution < 1.29 is 14.2 Å². The Morgan fingerprint density at radius 1 is 1.32 bits per heavy atom. The zero-order valence-electron chi connectivity index (χ0n) is 14.8. The van der Waals surface area contributed by atoms with Crippen molar-refractivity contribution in [2.24, 2.45) is 0 Å². The zero-order chi connectivity index (χ0) is 18.2. The van der Waals surface area contributed by atoms with E-state index >= 15 is 0 Å². The van der Waals surface area contributed by atoms with Crippen LogP contribution in [0.5, 0.6) is 0 Å². The van der Waals surface area contributed by atoms with E-state index in [4.69, 9.17) is 9.37 Å². The topological polar surface area (TPSA) is 93.4 Å². The first-order valence-electron chi connectivity index (χ1n) is 8.20. The van der Waals surface area contributed by atoms with Crippen molar-refractivity contribution in [3.05, 3.63) is 10.7 Å². The molecule has 1 saturated heterocycles. The van der Waals surface area contributed by atoms with Crippen LogP contribution >= 0.6 is 15.9 Å². The predicted octanol–water partition coefficient (Wildman–Crippen LogP) is 3.26. The quantitative estimate of drug-likeness (QED) is 0.809.